The van der Waals surface area contributed by atoms with Crippen LogP contribution in [-0.2, 0) is 4.79 Å². The summed E-state index contributed by atoms with van der Waals surface area (Å²) >= 11 is 5.94. The summed E-state index contributed by atoms with van der Waals surface area (Å²) in [5.74, 6) is 0.915. The molecule has 5 heteroatoms. The van der Waals surface area contributed by atoms with Gasteiger partial charge in [-0.15, -0.1) is 12.4 Å². The number of carbonyl (C=O) groups excluding carboxylic acids is 1. The summed E-state index contributed by atoms with van der Waals surface area (Å²) in [7, 11) is 0. The summed E-state index contributed by atoms with van der Waals surface area (Å²) in [6.07, 6.45) is 3.68. The van der Waals surface area contributed by atoms with Crippen molar-refractivity contribution >= 4 is 29.9 Å². The normalized spacial score (nSPS) is 20.2. The highest BCUT2D eigenvalue weighted by molar-refractivity contribution is 6.30. The first kappa shape index (κ1) is 15.6. The summed E-state index contributed by atoms with van der Waals surface area (Å²) in [5.41, 5.74) is 1.18. The van der Waals surface area contributed by atoms with Crippen molar-refractivity contribution in [2.45, 2.75) is 25.3 Å². The lowest BCUT2D eigenvalue weighted by molar-refractivity contribution is -0.127. The fourth-order valence-corrected chi connectivity index (χ4v) is 2.79. The molecule has 110 valence electrons. The maximum atomic E-state index is 12.1. The molecule has 0 bridgehead atoms. The molecule has 0 aromatic heterocycles. The van der Waals surface area contributed by atoms with Gasteiger partial charge in [-0.3, -0.25) is 4.79 Å². The molecule has 1 saturated heterocycles. The van der Waals surface area contributed by atoms with Gasteiger partial charge in [0.1, 0.15) is 0 Å². The smallest absolute Gasteiger partial charge is 0.226 e. The molecule has 1 atom stereocenters. The van der Waals surface area contributed by atoms with Gasteiger partial charge in [-0.1, -0.05) is 30.2 Å². The fraction of sp³-hybridized carbons (Fsp3) is 0.533. The number of benzene rings is 1. The zero-order valence-corrected chi connectivity index (χ0v) is 12.8. The maximum absolute atomic E-state index is 12.1. The first-order valence-electron chi connectivity index (χ1n) is 7.00. The first-order valence-corrected chi connectivity index (χ1v) is 7.38. The highest BCUT2D eigenvalue weighted by Gasteiger charge is 2.33. The number of hydrogen-bond acceptors (Lipinski definition) is 2. The van der Waals surface area contributed by atoms with E-state index in [0.717, 1.165) is 18.1 Å². The minimum absolute atomic E-state index is 0. The quantitative estimate of drug-likeness (QED) is 0.897. The van der Waals surface area contributed by atoms with Gasteiger partial charge >= 0.3 is 0 Å². The van der Waals surface area contributed by atoms with E-state index in [1.165, 1.54) is 24.8 Å². The van der Waals surface area contributed by atoms with Crippen LogP contribution in [0.5, 0.6) is 0 Å². The monoisotopic (exact) mass is 314 g/mol. The van der Waals surface area contributed by atoms with Crippen LogP contribution in [0.2, 0.25) is 5.02 Å². The third-order valence-electron chi connectivity index (χ3n) is 4.30. The molecule has 2 fully saturated rings. The summed E-state index contributed by atoms with van der Waals surface area (Å²) in [5, 5.41) is 7.12. The molecule has 1 unspecified atom stereocenters. The Hall–Kier alpha value is -0.770. The van der Waals surface area contributed by atoms with Crippen LogP contribution in [0.25, 0.3) is 0 Å². The Bertz CT molecular complexity index is 455. The van der Waals surface area contributed by atoms with Crippen LogP contribution in [0.15, 0.2) is 24.3 Å². The molecule has 0 spiro atoms. The van der Waals surface area contributed by atoms with E-state index < -0.39 is 0 Å². The van der Waals surface area contributed by atoms with Crippen LogP contribution in [0.1, 0.15) is 30.9 Å². The van der Waals surface area contributed by atoms with Gasteiger partial charge in [0.15, 0.2) is 0 Å². The lowest BCUT2D eigenvalue weighted by atomic mass is 9.77. The van der Waals surface area contributed by atoms with Gasteiger partial charge in [0, 0.05) is 18.1 Å². The van der Waals surface area contributed by atoms with E-state index in [9.17, 15) is 4.79 Å². The van der Waals surface area contributed by atoms with Crippen molar-refractivity contribution in [1.29, 1.82) is 0 Å². The van der Waals surface area contributed by atoms with Gasteiger partial charge < -0.3 is 10.6 Å². The molecule has 1 amide bonds. The lowest BCUT2D eigenvalue weighted by Gasteiger charge is -2.36. The van der Waals surface area contributed by atoms with Crippen molar-refractivity contribution in [3.63, 3.8) is 0 Å². The highest BCUT2D eigenvalue weighted by Crippen LogP contribution is 2.38. The van der Waals surface area contributed by atoms with Crippen LogP contribution in [0, 0.1) is 11.8 Å². The number of rotatable bonds is 4. The van der Waals surface area contributed by atoms with E-state index in [4.69, 9.17) is 11.6 Å². The molecular formula is C15H20Cl2N2O. The zero-order chi connectivity index (χ0) is 13.2. The highest BCUT2D eigenvalue weighted by atomic mass is 35.5. The Labute approximate surface area is 130 Å². The predicted octanol–water partition coefficient (Wildman–Crippen LogP) is 2.94. The second-order valence-corrected chi connectivity index (χ2v) is 6.02. The first-order chi connectivity index (χ1) is 9.24. The van der Waals surface area contributed by atoms with E-state index in [1.807, 2.05) is 24.3 Å². The SMILES string of the molecule is Cl.O=C(NC(c1ccc(Cl)cc1)C1CCC1)C1CNC1. The fourth-order valence-electron chi connectivity index (χ4n) is 2.66. The molecule has 1 aromatic rings. The topological polar surface area (TPSA) is 41.1 Å². The molecule has 2 aliphatic rings. The van der Waals surface area contributed by atoms with E-state index >= 15 is 0 Å². The molecule has 3 rings (SSSR count). The Kier molecular flexibility index (Phi) is 5.30. The van der Waals surface area contributed by atoms with Gasteiger partial charge in [0.05, 0.1) is 12.0 Å². The average molecular weight is 315 g/mol. The van der Waals surface area contributed by atoms with Gasteiger partial charge in [-0.2, -0.15) is 0 Å². The minimum Gasteiger partial charge on any atom is -0.349 e. The molecule has 1 saturated carbocycles. The molecule has 1 aliphatic heterocycles. The molecule has 3 nitrogen and oxygen atoms in total. The number of nitrogens with one attached hydrogen (secondary N) is 2. The van der Waals surface area contributed by atoms with Crippen LogP contribution >= 0.6 is 24.0 Å². The maximum Gasteiger partial charge on any atom is 0.226 e. The molecule has 1 aliphatic carbocycles. The van der Waals surface area contributed by atoms with Crippen molar-refractivity contribution in [2.75, 3.05) is 13.1 Å². The summed E-state index contributed by atoms with van der Waals surface area (Å²) in [6.45, 7) is 1.62. The Morgan fingerprint density at radius 2 is 1.90 bits per heavy atom. The third-order valence-corrected chi connectivity index (χ3v) is 4.55. The largest absolute Gasteiger partial charge is 0.349 e. The number of hydrogen-bond donors (Lipinski definition) is 2. The number of amides is 1. The second kappa shape index (κ2) is 6.79. The number of halogens is 2. The van der Waals surface area contributed by atoms with Crippen LogP contribution in [0.4, 0.5) is 0 Å². The Morgan fingerprint density at radius 3 is 2.35 bits per heavy atom. The van der Waals surface area contributed by atoms with E-state index in [0.29, 0.717) is 5.92 Å². The van der Waals surface area contributed by atoms with Crippen LogP contribution in [0.3, 0.4) is 0 Å². The minimum atomic E-state index is 0. The summed E-state index contributed by atoms with van der Waals surface area (Å²) in [4.78, 5) is 12.1. The van der Waals surface area contributed by atoms with Crippen molar-refractivity contribution in [3.05, 3.63) is 34.9 Å². The molecule has 2 N–H and O–H groups in total. The van der Waals surface area contributed by atoms with Gasteiger partial charge in [0.25, 0.3) is 0 Å². The standard InChI is InChI=1S/C15H19ClN2O.ClH/c16-13-6-4-11(5-7-13)14(10-2-1-3-10)18-15(19)12-8-17-9-12;/h4-7,10,12,14,17H,1-3,8-9H2,(H,18,19);1H. The third kappa shape index (κ3) is 3.27. The van der Waals surface area contributed by atoms with Crippen LogP contribution < -0.4 is 10.6 Å². The Morgan fingerprint density at radius 1 is 1.25 bits per heavy atom. The zero-order valence-electron chi connectivity index (χ0n) is 11.3. The van der Waals surface area contributed by atoms with Crippen molar-refractivity contribution in [2.24, 2.45) is 11.8 Å². The van der Waals surface area contributed by atoms with E-state index in [-0.39, 0.29) is 30.3 Å². The molecule has 20 heavy (non-hydrogen) atoms. The summed E-state index contributed by atoms with van der Waals surface area (Å²) in [6, 6.07) is 8.02. The Balaban J connectivity index is 0.00000147. The van der Waals surface area contributed by atoms with E-state index in [1.54, 1.807) is 0 Å². The van der Waals surface area contributed by atoms with Crippen molar-refractivity contribution < 1.29 is 4.79 Å². The number of carbonyl (C=O) groups is 1. The van der Waals surface area contributed by atoms with Crippen molar-refractivity contribution in [1.82, 2.24) is 10.6 Å². The van der Waals surface area contributed by atoms with Gasteiger partial charge in [-0.05, 0) is 36.5 Å². The molecule has 0 radical (unpaired) electrons. The van der Waals surface area contributed by atoms with Gasteiger partial charge in [-0.25, -0.2) is 0 Å². The van der Waals surface area contributed by atoms with E-state index in [2.05, 4.69) is 10.6 Å². The van der Waals surface area contributed by atoms with Gasteiger partial charge in [0.2, 0.25) is 5.91 Å². The second-order valence-electron chi connectivity index (χ2n) is 5.58. The molecule has 1 heterocycles. The molecular weight excluding hydrogens is 295 g/mol. The summed E-state index contributed by atoms with van der Waals surface area (Å²) < 4.78 is 0. The lowest BCUT2D eigenvalue weighted by Crippen LogP contribution is -2.52. The van der Waals surface area contributed by atoms with Crippen LogP contribution in [-0.4, -0.2) is 19.0 Å². The average Bonchev–Trinajstić information content (AvgIpc) is 2.24. The molecule has 1 aromatic carbocycles. The predicted molar refractivity (Wildman–Crippen MR) is 83.3 cm³/mol. The van der Waals surface area contributed by atoms with Crippen molar-refractivity contribution in [3.8, 4) is 0 Å².